The molecule has 35 heavy (non-hydrogen) atoms. The highest BCUT2D eigenvalue weighted by Gasteiger charge is 2.32. The standard InChI is InChI=1S/C24H21ClN4O5S/c1-33-19-8-4-16(5-9-19)22-12-21(28-34-22)24(30)26-23-13-20(15-2-6-17(25)7-3-15)27-29(23)18-10-11-35(31,32)14-18/h2-9,12-13,18H,10-11,14H2,1H3,(H,26,30). The summed E-state index contributed by atoms with van der Waals surface area (Å²) in [5.74, 6) is 1.04. The molecule has 1 atom stereocenters. The minimum atomic E-state index is -3.16. The lowest BCUT2D eigenvalue weighted by molar-refractivity contribution is 0.101. The SMILES string of the molecule is COc1ccc(-c2cc(C(=O)Nc3cc(-c4ccc(Cl)cc4)nn3C3CCS(=O)(=O)C3)no2)cc1. The number of halogens is 1. The average Bonchev–Trinajstić information content (AvgIpc) is 3.58. The number of hydrogen-bond donors (Lipinski definition) is 1. The van der Waals surface area contributed by atoms with E-state index in [1.807, 2.05) is 12.1 Å². The molecule has 1 fully saturated rings. The fourth-order valence-electron chi connectivity index (χ4n) is 3.95. The van der Waals surface area contributed by atoms with Gasteiger partial charge in [-0.1, -0.05) is 28.9 Å². The molecule has 1 aliphatic rings. The molecule has 180 valence electrons. The van der Waals surface area contributed by atoms with E-state index in [0.717, 1.165) is 11.1 Å². The Morgan fingerprint density at radius 2 is 1.83 bits per heavy atom. The third-order valence-corrected chi connectivity index (χ3v) is 7.79. The van der Waals surface area contributed by atoms with E-state index in [1.54, 1.807) is 54.3 Å². The molecule has 0 saturated carbocycles. The van der Waals surface area contributed by atoms with E-state index in [9.17, 15) is 13.2 Å². The zero-order chi connectivity index (χ0) is 24.6. The summed E-state index contributed by atoms with van der Waals surface area (Å²) < 4.78 is 36.3. The van der Waals surface area contributed by atoms with Gasteiger partial charge in [-0.15, -0.1) is 0 Å². The molecular weight excluding hydrogens is 492 g/mol. The summed E-state index contributed by atoms with van der Waals surface area (Å²) in [4.78, 5) is 13.0. The van der Waals surface area contributed by atoms with Gasteiger partial charge in [-0.3, -0.25) is 4.79 Å². The van der Waals surface area contributed by atoms with Gasteiger partial charge in [-0.2, -0.15) is 5.10 Å². The lowest BCUT2D eigenvalue weighted by Gasteiger charge is -2.13. The highest BCUT2D eigenvalue weighted by atomic mass is 35.5. The maximum Gasteiger partial charge on any atom is 0.279 e. The molecule has 2 aromatic heterocycles. The molecule has 0 radical (unpaired) electrons. The van der Waals surface area contributed by atoms with Crippen LogP contribution in [0.2, 0.25) is 5.02 Å². The maximum absolute atomic E-state index is 13.0. The van der Waals surface area contributed by atoms with Crippen LogP contribution in [0.25, 0.3) is 22.6 Å². The van der Waals surface area contributed by atoms with Crippen molar-refractivity contribution < 1.29 is 22.5 Å². The predicted octanol–water partition coefficient (Wildman–Crippen LogP) is 4.48. The van der Waals surface area contributed by atoms with E-state index in [1.165, 1.54) is 6.07 Å². The zero-order valence-electron chi connectivity index (χ0n) is 18.6. The van der Waals surface area contributed by atoms with E-state index in [0.29, 0.717) is 34.5 Å². The third kappa shape index (κ3) is 4.94. The Bertz CT molecular complexity index is 1480. The molecule has 11 heteroatoms. The van der Waals surface area contributed by atoms with E-state index in [-0.39, 0.29) is 23.2 Å². The Balaban J connectivity index is 1.43. The number of sulfone groups is 1. The minimum Gasteiger partial charge on any atom is -0.497 e. The highest BCUT2D eigenvalue weighted by molar-refractivity contribution is 7.91. The van der Waals surface area contributed by atoms with Crippen molar-refractivity contribution >= 4 is 33.2 Å². The molecule has 1 saturated heterocycles. The van der Waals surface area contributed by atoms with E-state index in [4.69, 9.17) is 20.9 Å². The van der Waals surface area contributed by atoms with Crippen molar-refractivity contribution in [2.75, 3.05) is 23.9 Å². The van der Waals surface area contributed by atoms with E-state index < -0.39 is 15.7 Å². The van der Waals surface area contributed by atoms with Crippen molar-refractivity contribution in [1.29, 1.82) is 0 Å². The number of nitrogens with one attached hydrogen (secondary N) is 1. The molecule has 9 nitrogen and oxygen atoms in total. The van der Waals surface area contributed by atoms with Gasteiger partial charge in [0.1, 0.15) is 11.6 Å². The smallest absolute Gasteiger partial charge is 0.279 e. The molecule has 0 aliphatic carbocycles. The maximum atomic E-state index is 13.0. The van der Waals surface area contributed by atoms with Gasteiger partial charge in [0.25, 0.3) is 5.91 Å². The van der Waals surface area contributed by atoms with Crippen LogP contribution in [-0.4, -0.2) is 47.9 Å². The molecule has 1 N–H and O–H groups in total. The first-order valence-corrected chi connectivity index (χ1v) is 13.0. The molecule has 1 unspecified atom stereocenters. The summed E-state index contributed by atoms with van der Waals surface area (Å²) in [6, 6.07) is 17.1. The lowest BCUT2D eigenvalue weighted by atomic mass is 10.1. The van der Waals surface area contributed by atoms with Gasteiger partial charge in [-0.05, 0) is 42.8 Å². The first-order chi connectivity index (χ1) is 16.8. The molecule has 4 aromatic rings. The van der Waals surface area contributed by atoms with Gasteiger partial charge in [-0.25, -0.2) is 13.1 Å². The second-order valence-electron chi connectivity index (χ2n) is 8.18. The van der Waals surface area contributed by atoms with Crippen LogP contribution in [-0.2, 0) is 9.84 Å². The lowest BCUT2D eigenvalue weighted by Crippen LogP contribution is -2.19. The van der Waals surface area contributed by atoms with Crippen LogP contribution in [0.4, 0.5) is 5.82 Å². The van der Waals surface area contributed by atoms with Crippen LogP contribution in [0.15, 0.2) is 65.2 Å². The number of carbonyl (C=O) groups is 1. The number of benzene rings is 2. The quantitative estimate of drug-likeness (QED) is 0.405. The molecule has 0 bridgehead atoms. The number of methoxy groups -OCH3 is 1. The van der Waals surface area contributed by atoms with Crippen molar-refractivity contribution in [1.82, 2.24) is 14.9 Å². The summed E-state index contributed by atoms with van der Waals surface area (Å²) >= 11 is 6.00. The molecule has 1 aliphatic heterocycles. The number of aromatic nitrogens is 3. The summed E-state index contributed by atoms with van der Waals surface area (Å²) in [5.41, 5.74) is 2.19. The summed E-state index contributed by atoms with van der Waals surface area (Å²) in [7, 11) is -1.58. The monoisotopic (exact) mass is 512 g/mol. The second-order valence-corrected chi connectivity index (χ2v) is 10.8. The molecule has 3 heterocycles. The van der Waals surface area contributed by atoms with Crippen LogP contribution in [0.3, 0.4) is 0 Å². The van der Waals surface area contributed by atoms with Gasteiger partial charge in [0.15, 0.2) is 21.3 Å². The van der Waals surface area contributed by atoms with Crippen LogP contribution in [0, 0.1) is 0 Å². The van der Waals surface area contributed by atoms with Crippen molar-refractivity contribution in [3.8, 4) is 28.3 Å². The topological polar surface area (TPSA) is 116 Å². The zero-order valence-corrected chi connectivity index (χ0v) is 20.2. The Morgan fingerprint density at radius 3 is 2.49 bits per heavy atom. The number of hydrogen-bond acceptors (Lipinski definition) is 7. The summed E-state index contributed by atoms with van der Waals surface area (Å²) in [5, 5.41) is 11.9. The number of ether oxygens (including phenoxy) is 1. The fourth-order valence-corrected chi connectivity index (χ4v) is 5.77. The van der Waals surface area contributed by atoms with Crippen LogP contribution >= 0.6 is 11.6 Å². The van der Waals surface area contributed by atoms with Crippen molar-refractivity contribution in [2.24, 2.45) is 0 Å². The Morgan fingerprint density at radius 1 is 1.11 bits per heavy atom. The molecule has 2 aromatic carbocycles. The number of amides is 1. The molecule has 5 rings (SSSR count). The molecular formula is C24H21ClN4O5S. The molecule has 1 amide bonds. The number of rotatable bonds is 6. The van der Waals surface area contributed by atoms with Crippen molar-refractivity contribution in [3.63, 3.8) is 0 Å². The van der Waals surface area contributed by atoms with Crippen LogP contribution < -0.4 is 10.1 Å². The summed E-state index contributed by atoms with van der Waals surface area (Å²) in [6.07, 6.45) is 0.415. The largest absolute Gasteiger partial charge is 0.497 e. The van der Waals surface area contributed by atoms with E-state index >= 15 is 0 Å². The van der Waals surface area contributed by atoms with Crippen molar-refractivity contribution in [2.45, 2.75) is 12.5 Å². The highest BCUT2D eigenvalue weighted by Crippen LogP contribution is 2.31. The third-order valence-electron chi connectivity index (χ3n) is 5.79. The average molecular weight is 513 g/mol. The van der Waals surface area contributed by atoms with Gasteiger partial charge in [0.05, 0.1) is 30.4 Å². The predicted molar refractivity (Wildman–Crippen MR) is 131 cm³/mol. The Labute approximate surface area is 206 Å². The summed E-state index contributed by atoms with van der Waals surface area (Å²) in [6.45, 7) is 0. The second kappa shape index (κ2) is 9.20. The fraction of sp³-hybridized carbons (Fsp3) is 0.208. The van der Waals surface area contributed by atoms with Crippen LogP contribution in [0.5, 0.6) is 5.75 Å². The first-order valence-electron chi connectivity index (χ1n) is 10.8. The number of anilines is 1. The normalized spacial score (nSPS) is 16.8. The number of carbonyl (C=O) groups excluding carboxylic acids is 1. The van der Waals surface area contributed by atoms with Gasteiger partial charge in [0.2, 0.25) is 0 Å². The van der Waals surface area contributed by atoms with E-state index in [2.05, 4.69) is 15.6 Å². The molecule has 0 spiro atoms. The number of nitrogens with zero attached hydrogens (tertiary/aromatic N) is 3. The Hall–Kier alpha value is -3.63. The van der Waals surface area contributed by atoms with Gasteiger partial charge >= 0.3 is 0 Å². The minimum absolute atomic E-state index is 0.0385. The van der Waals surface area contributed by atoms with Gasteiger partial charge in [0, 0.05) is 28.3 Å². The van der Waals surface area contributed by atoms with Gasteiger partial charge < -0.3 is 14.6 Å². The van der Waals surface area contributed by atoms with Crippen molar-refractivity contribution in [3.05, 3.63) is 71.4 Å². The first kappa shape index (κ1) is 23.1. The van der Waals surface area contributed by atoms with Crippen LogP contribution in [0.1, 0.15) is 23.0 Å². The Kier molecular flexibility index (Phi) is 6.08.